The van der Waals surface area contributed by atoms with Crippen LogP contribution in [0.25, 0.3) is 0 Å². The van der Waals surface area contributed by atoms with Crippen molar-refractivity contribution >= 4 is 5.84 Å². The van der Waals surface area contributed by atoms with E-state index in [4.69, 9.17) is 15.9 Å². The third kappa shape index (κ3) is 3.74. The molecule has 3 N–H and O–H groups in total. The Morgan fingerprint density at radius 3 is 2.56 bits per heavy atom. The lowest BCUT2D eigenvalue weighted by atomic mass is 10.2. The highest BCUT2D eigenvalue weighted by atomic mass is 16.5. The molecule has 0 bridgehead atoms. The summed E-state index contributed by atoms with van der Waals surface area (Å²) in [6.07, 6.45) is 3.20. The zero-order chi connectivity index (χ0) is 13.0. The van der Waals surface area contributed by atoms with Crippen molar-refractivity contribution < 1.29 is 4.74 Å². The summed E-state index contributed by atoms with van der Waals surface area (Å²) in [7, 11) is 1.68. The van der Waals surface area contributed by atoms with E-state index in [0.717, 1.165) is 18.8 Å². The summed E-state index contributed by atoms with van der Waals surface area (Å²) >= 11 is 0. The van der Waals surface area contributed by atoms with Gasteiger partial charge in [-0.2, -0.15) is 0 Å². The Morgan fingerprint density at radius 2 is 2.06 bits per heavy atom. The van der Waals surface area contributed by atoms with Gasteiger partial charge in [0.15, 0.2) is 0 Å². The summed E-state index contributed by atoms with van der Waals surface area (Å²) in [5, 5.41) is 7.32. The predicted molar refractivity (Wildman–Crippen MR) is 73.0 cm³/mol. The lowest BCUT2D eigenvalue weighted by molar-refractivity contribution is 0.262. The second-order valence-electron chi connectivity index (χ2n) is 4.82. The molecule has 0 amide bonds. The summed E-state index contributed by atoms with van der Waals surface area (Å²) < 4.78 is 5.15. The van der Waals surface area contributed by atoms with Gasteiger partial charge in [0, 0.05) is 25.6 Å². The predicted octanol–water partition coefficient (Wildman–Crippen LogP) is 1.99. The van der Waals surface area contributed by atoms with E-state index in [9.17, 15) is 0 Å². The van der Waals surface area contributed by atoms with Crippen molar-refractivity contribution in [1.82, 2.24) is 4.90 Å². The van der Waals surface area contributed by atoms with E-state index in [1.165, 1.54) is 18.4 Å². The first-order chi connectivity index (χ1) is 8.69. The molecule has 0 atom stereocenters. The number of amidine groups is 1. The summed E-state index contributed by atoms with van der Waals surface area (Å²) in [6, 6.07) is 8.87. The number of hydrogen-bond donors (Lipinski definition) is 2. The second-order valence-corrected chi connectivity index (χ2v) is 4.82. The molecule has 0 aliphatic heterocycles. The molecule has 0 unspecified atom stereocenters. The quantitative estimate of drug-likeness (QED) is 0.572. The van der Waals surface area contributed by atoms with Gasteiger partial charge in [0.2, 0.25) is 0 Å². The minimum Gasteiger partial charge on any atom is -0.497 e. The number of methoxy groups -OCH3 is 1. The Balaban J connectivity index is 1.92. The van der Waals surface area contributed by atoms with Gasteiger partial charge in [-0.15, -0.1) is 0 Å². The first-order valence-corrected chi connectivity index (χ1v) is 6.39. The summed E-state index contributed by atoms with van der Waals surface area (Å²) in [5.74, 6) is 1.16. The van der Waals surface area contributed by atoms with Crippen LogP contribution in [-0.4, -0.2) is 30.4 Å². The Kier molecular flexibility index (Phi) is 4.20. The Morgan fingerprint density at radius 1 is 1.39 bits per heavy atom. The average Bonchev–Trinajstić information content (AvgIpc) is 3.19. The van der Waals surface area contributed by atoms with Gasteiger partial charge in [-0.05, 0) is 30.5 Å². The van der Waals surface area contributed by atoms with Crippen LogP contribution in [-0.2, 0) is 6.54 Å². The topological polar surface area (TPSA) is 62.3 Å². The molecular formula is C14H21N3O. The van der Waals surface area contributed by atoms with Gasteiger partial charge in [-0.1, -0.05) is 12.1 Å². The maximum absolute atomic E-state index is 7.32. The van der Waals surface area contributed by atoms with Crippen LogP contribution in [0.1, 0.15) is 24.8 Å². The van der Waals surface area contributed by atoms with E-state index in [1.54, 1.807) is 7.11 Å². The van der Waals surface area contributed by atoms with E-state index < -0.39 is 0 Å². The molecule has 1 aliphatic carbocycles. The summed E-state index contributed by atoms with van der Waals surface area (Å²) in [5.41, 5.74) is 6.72. The van der Waals surface area contributed by atoms with Crippen LogP contribution in [0.2, 0.25) is 0 Å². The number of nitrogens with zero attached hydrogens (tertiary/aromatic N) is 1. The maximum Gasteiger partial charge on any atom is 0.118 e. The molecule has 0 saturated heterocycles. The van der Waals surface area contributed by atoms with Gasteiger partial charge in [-0.25, -0.2) is 0 Å². The molecule has 0 aromatic heterocycles. The molecule has 98 valence electrons. The molecule has 0 heterocycles. The van der Waals surface area contributed by atoms with E-state index in [1.807, 2.05) is 12.1 Å². The molecule has 18 heavy (non-hydrogen) atoms. The number of nitrogens with two attached hydrogens (primary N) is 1. The van der Waals surface area contributed by atoms with E-state index in [0.29, 0.717) is 12.5 Å². The molecule has 0 spiro atoms. The highest BCUT2D eigenvalue weighted by Crippen LogP contribution is 2.28. The van der Waals surface area contributed by atoms with Crippen LogP contribution in [0.5, 0.6) is 5.75 Å². The van der Waals surface area contributed by atoms with Gasteiger partial charge in [0.25, 0.3) is 0 Å². The van der Waals surface area contributed by atoms with Gasteiger partial charge < -0.3 is 10.5 Å². The number of hydrogen-bond acceptors (Lipinski definition) is 3. The van der Waals surface area contributed by atoms with E-state index in [2.05, 4.69) is 17.0 Å². The molecule has 2 rings (SSSR count). The molecule has 1 aliphatic rings. The smallest absolute Gasteiger partial charge is 0.118 e. The number of nitrogens with one attached hydrogen (secondary N) is 1. The van der Waals surface area contributed by atoms with Gasteiger partial charge in [0.1, 0.15) is 5.75 Å². The maximum atomic E-state index is 7.32. The van der Waals surface area contributed by atoms with Crippen LogP contribution in [0, 0.1) is 5.41 Å². The molecule has 1 aromatic rings. The molecule has 1 saturated carbocycles. The monoisotopic (exact) mass is 247 g/mol. The molecule has 1 aromatic carbocycles. The Labute approximate surface area is 108 Å². The zero-order valence-corrected chi connectivity index (χ0v) is 10.9. The van der Waals surface area contributed by atoms with Gasteiger partial charge >= 0.3 is 0 Å². The number of ether oxygens (including phenoxy) is 1. The van der Waals surface area contributed by atoms with Crippen molar-refractivity contribution in [2.24, 2.45) is 5.73 Å². The Hall–Kier alpha value is -1.55. The highest BCUT2D eigenvalue weighted by molar-refractivity contribution is 5.76. The first-order valence-electron chi connectivity index (χ1n) is 6.39. The van der Waals surface area contributed by atoms with Crippen LogP contribution in [0.4, 0.5) is 0 Å². The molecular weight excluding hydrogens is 226 g/mol. The molecule has 1 fully saturated rings. The van der Waals surface area contributed by atoms with Crippen LogP contribution < -0.4 is 10.5 Å². The van der Waals surface area contributed by atoms with Gasteiger partial charge in [-0.3, -0.25) is 10.3 Å². The molecule has 0 radical (unpaired) electrons. The summed E-state index contributed by atoms with van der Waals surface area (Å²) in [4.78, 5) is 2.42. The number of rotatable bonds is 7. The van der Waals surface area contributed by atoms with Crippen molar-refractivity contribution in [2.75, 3.05) is 13.7 Å². The Bertz CT molecular complexity index is 398. The zero-order valence-electron chi connectivity index (χ0n) is 10.9. The van der Waals surface area contributed by atoms with Gasteiger partial charge in [0.05, 0.1) is 12.9 Å². The van der Waals surface area contributed by atoms with Crippen LogP contribution >= 0.6 is 0 Å². The highest BCUT2D eigenvalue weighted by Gasteiger charge is 2.28. The molecule has 4 heteroatoms. The van der Waals surface area contributed by atoms with E-state index >= 15 is 0 Å². The SMILES string of the molecule is COc1ccc(CN(CCC(=N)N)C2CC2)cc1. The number of benzene rings is 1. The third-order valence-electron chi connectivity index (χ3n) is 3.28. The first kappa shape index (κ1) is 12.9. The molecule has 4 nitrogen and oxygen atoms in total. The van der Waals surface area contributed by atoms with Crippen molar-refractivity contribution in [1.29, 1.82) is 5.41 Å². The van der Waals surface area contributed by atoms with Crippen molar-refractivity contribution in [2.45, 2.75) is 31.8 Å². The van der Waals surface area contributed by atoms with Crippen LogP contribution in [0.3, 0.4) is 0 Å². The van der Waals surface area contributed by atoms with Crippen LogP contribution in [0.15, 0.2) is 24.3 Å². The standard InChI is InChI=1S/C14H21N3O/c1-18-13-6-2-11(3-7-13)10-17(12-4-5-12)9-8-14(15)16/h2-3,6-7,12H,4-5,8-10H2,1H3,(H3,15,16). The minimum absolute atomic E-state index is 0.274. The third-order valence-corrected chi connectivity index (χ3v) is 3.28. The van der Waals surface area contributed by atoms with Crippen molar-refractivity contribution in [3.8, 4) is 5.75 Å². The fourth-order valence-corrected chi connectivity index (χ4v) is 2.06. The largest absolute Gasteiger partial charge is 0.497 e. The van der Waals surface area contributed by atoms with Crippen molar-refractivity contribution in [3.63, 3.8) is 0 Å². The summed E-state index contributed by atoms with van der Waals surface area (Å²) in [6.45, 7) is 1.81. The second kappa shape index (κ2) is 5.87. The van der Waals surface area contributed by atoms with Crippen molar-refractivity contribution in [3.05, 3.63) is 29.8 Å². The normalized spacial score (nSPS) is 14.8. The fraction of sp³-hybridized carbons (Fsp3) is 0.500. The lowest BCUT2D eigenvalue weighted by Crippen LogP contribution is -2.29. The fourth-order valence-electron chi connectivity index (χ4n) is 2.06. The minimum atomic E-state index is 0.274. The van der Waals surface area contributed by atoms with E-state index in [-0.39, 0.29) is 5.84 Å². The lowest BCUT2D eigenvalue weighted by Gasteiger charge is -2.21. The average molecular weight is 247 g/mol.